The lowest BCUT2D eigenvalue weighted by atomic mass is 9.94. The van der Waals surface area contributed by atoms with E-state index in [4.69, 9.17) is 4.74 Å². The minimum atomic E-state index is -0.229. The topological polar surface area (TPSA) is 43.4 Å². The van der Waals surface area contributed by atoms with Gasteiger partial charge in [-0.15, -0.1) is 0 Å². The van der Waals surface area contributed by atoms with E-state index in [2.05, 4.69) is 0 Å². The minimum Gasteiger partial charge on any atom is -0.457 e. The smallest absolute Gasteiger partial charge is 0.234 e. The van der Waals surface area contributed by atoms with Crippen LogP contribution in [0.1, 0.15) is 21.5 Å². The van der Waals surface area contributed by atoms with Crippen molar-refractivity contribution in [2.24, 2.45) is 0 Å². The van der Waals surface area contributed by atoms with Gasteiger partial charge in [0.15, 0.2) is 5.78 Å². The second-order valence-electron chi connectivity index (χ2n) is 6.50. The van der Waals surface area contributed by atoms with E-state index in [0.29, 0.717) is 16.9 Å². The van der Waals surface area contributed by atoms with Crippen molar-refractivity contribution in [2.75, 3.05) is 0 Å². The SMILES string of the molecule is O=[C]c1ccc(-c2ccccc2)cc1C(=O)c1ccc(Oc2ccccc2)cc1. The Hall–Kier alpha value is -3.98. The molecular weight excluding hydrogens is 360 g/mol. The van der Waals surface area contributed by atoms with E-state index in [1.165, 1.54) is 0 Å². The first-order valence-electron chi connectivity index (χ1n) is 9.20. The molecule has 3 heteroatoms. The van der Waals surface area contributed by atoms with Gasteiger partial charge in [0.1, 0.15) is 11.5 Å². The molecule has 29 heavy (non-hydrogen) atoms. The van der Waals surface area contributed by atoms with Crippen LogP contribution in [-0.4, -0.2) is 12.1 Å². The van der Waals surface area contributed by atoms with Crippen LogP contribution in [0.4, 0.5) is 0 Å². The maximum atomic E-state index is 13.1. The number of carbonyl (C=O) groups is 1. The van der Waals surface area contributed by atoms with Crippen LogP contribution in [0.25, 0.3) is 11.1 Å². The number of benzene rings is 4. The van der Waals surface area contributed by atoms with Crippen LogP contribution in [0.3, 0.4) is 0 Å². The van der Waals surface area contributed by atoms with Gasteiger partial charge in [0.2, 0.25) is 6.29 Å². The van der Waals surface area contributed by atoms with Crippen molar-refractivity contribution in [3.63, 3.8) is 0 Å². The largest absolute Gasteiger partial charge is 0.457 e. The molecule has 4 aromatic carbocycles. The monoisotopic (exact) mass is 377 g/mol. The van der Waals surface area contributed by atoms with E-state index < -0.39 is 0 Å². The van der Waals surface area contributed by atoms with Gasteiger partial charge >= 0.3 is 0 Å². The third-order valence-electron chi connectivity index (χ3n) is 4.58. The summed E-state index contributed by atoms with van der Waals surface area (Å²) in [6.45, 7) is 0. The van der Waals surface area contributed by atoms with Crippen LogP contribution < -0.4 is 4.74 Å². The third-order valence-corrected chi connectivity index (χ3v) is 4.58. The first-order chi connectivity index (χ1) is 14.2. The Balaban J connectivity index is 1.62. The molecule has 0 bridgehead atoms. The molecule has 0 unspecified atom stereocenters. The van der Waals surface area contributed by atoms with E-state index in [9.17, 15) is 9.59 Å². The number of ether oxygens (including phenoxy) is 1. The summed E-state index contributed by atoms with van der Waals surface area (Å²) in [4.78, 5) is 24.4. The molecule has 1 radical (unpaired) electrons. The normalized spacial score (nSPS) is 10.3. The summed E-state index contributed by atoms with van der Waals surface area (Å²) in [5, 5.41) is 0. The van der Waals surface area contributed by atoms with Crippen LogP contribution in [0.15, 0.2) is 103 Å². The van der Waals surface area contributed by atoms with Gasteiger partial charge in [-0.25, -0.2) is 0 Å². The molecule has 139 valence electrons. The number of ketones is 1. The molecule has 0 N–H and O–H groups in total. The summed E-state index contributed by atoms with van der Waals surface area (Å²) in [6.07, 6.45) is 1.87. The molecule has 0 saturated carbocycles. The van der Waals surface area contributed by atoms with Crippen LogP contribution in [-0.2, 0) is 4.79 Å². The van der Waals surface area contributed by atoms with Gasteiger partial charge in [0.05, 0.1) is 0 Å². The van der Waals surface area contributed by atoms with Gasteiger partial charge < -0.3 is 4.74 Å². The lowest BCUT2D eigenvalue weighted by Crippen LogP contribution is -2.05. The second-order valence-corrected chi connectivity index (χ2v) is 6.50. The molecule has 0 amide bonds. The molecule has 0 fully saturated rings. The third kappa shape index (κ3) is 4.14. The highest BCUT2D eigenvalue weighted by Gasteiger charge is 2.15. The van der Waals surface area contributed by atoms with Crippen LogP contribution in [0.2, 0.25) is 0 Å². The maximum absolute atomic E-state index is 13.1. The van der Waals surface area contributed by atoms with Crippen molar-refractivity contribution >= 4 is 12.1 Å². The van der Waals surface area contributed by atoms with E-state index in [1.54, 1.807) is 36.4 Å². The zero-order valence-electron chi connectivity index (χ0n) is 15.5. The molecule has 3 nitrogen and oxygen atoms in total. The van der Waals surface area contributed by atoms with Crippen LogP contribution >= 0.6 is 0 Å². The quantitative estimate of drug-likeness (QED) is 0.397. The second kappa shape index (κ2) is 8.36. The number of hydrogen-bond acceptors (Lipinski definition) is 3. The molecule has 4 aromatic rings. The zero-order chi connectivity index (χ0) is 20.1. The van der Waals surface area contributed by atoms with Crippen LogP contribution in [0.5, 0.6) is 11.5 Å². The number of hydrogen-bond donors (Lipinski definition) is 0. The summed E-state index contributed by atoms with van der Waals surface area (Å²) in [7, 11) is 0. The van der Waals surface area contributed by atoms with E-state index in [-0.39, 0.29) is 11.3 Å². The Bertz CT molecular complexity index is 1130. The van der Waals surface area contributed by atoms with Crippen molar-refractivity contribution in [1.29, 1.82) is 0 Å². The summed E-state index contributed by atoms with van der Waals surface area (Å²) >= 11 is 0. The molecule has 0 atom stereocenters. The minimum absolute atomic E-state index is 0.229. The fourth-order valence-corrected chi connectivity index (χ4v) is 3.09. The fourth-order valence-electron chi connectivity index (χ4n) is 3.09. The summed E-state index contributed by atoms with van der Waals surface area (Å²) in [5.41, 5.74) is 2.91. The predicted molar refractivity (Wildman–Crippen MR) is 113 cm³/mol. The Morgan fingerprint density at radius 2 is 1.28 bits per heavy atom. The van der Waals surface area contributed by atoms with Crippen molar-refractivity contribution in [3.05, 3.63) is 120 Å². The molecule has 4 rings (SSSR count). The van der Waals surface area contributed by atoms with E-state index >= 15 is 0 Å². The van der Waals surface area contributed by atoms with E-state index in [1.807, 2.05) is 73.0 Å². The Morgan fingerprint density at radius 1 is 0.655 bits per heavy atom. The number of rotatable bonds is 6. The molecule has 0 heterocycles. The van der Waals surface area contributed by atoms with Gasteiger partial charge in [-0.1, -0.05) is 54.6 Å². The first kappa shape index (κ1) is 18.4. The van der Waals surface area contributed by atoms with Gasteiger partial charge in [-0.05, 0) is 59.7 Å². The Kier molecular flexibility index (Phi) is 5.30. The molecular formula is C26H17O3. The van der Waals surface area contributed by atoms with Crippen LogP contribution in [0, 0.1) is 0 Å². The number of carbonyl (C=O) groups excluding carboxylic acids is 2. The highest BCUT2D eigenvalue weighted by atomic mass is 16.5. The van der Waals surface area contributed by atoms with E-state index in [0.717, 1.165) is 16.9 Å². The Morgan fingerprint density at radius 3 is 1.93 bits per heavy atom. The number of para-hydroxylation sites is 1. The molecule has 0 aliphatic rings. The van der Waals surface area contributed by atoms with Gasteiger partial charge in [-0.3, -0.25) is 9.59 Å². The molecule has 0 saturated heterocycles. The highest BCUT2D eigenvalue weighted by Crippen LogP contribution is 2.25. The molecule has 0 spiro atoms. The van der Waals surface area contributed by atoms with Gasteiger partial charge in [0, 0.05) is 16.7 Å². The first-order valence-corrected chi connectivity index (χ1v) is 9.20. The maximum Gasteiger partial charge on any atom is 0.234 e. The Labute approximate surface area is 169 Å². The van der Waals surface area contributed by atoms with Crippen molar-refractivity contribution in [1.82, 2.24) is 0 Å². The van der Waals surface area contributed by atoms with Crippen molar-refractivity contribution < 1.29 is 14.3 Å². The summed E-state index contributed by atoms with van der Waals surface area (Å²) < 4.78 is 5.77. The van der Waals surface area contributed by atoms with Crippen molar-refractivity contribution in [2.45, 2.75) is 0 Å². The highest BCUT2D eigenvalue weighted by molar-refractivity contribution is 6.13. The lowest BCUT2D eigenvalue weighted by molar-refractivity contribution is 0.103. The molecule has 0 aliphatic carbocycles. The lowest BCUT2D eigenvalue weighted by Gasteiger charge is -2.09. The zero-order valence-corrected chi connectivity index (χ0v) is 15.5. The summed E-state index contributed by atoms with van der Waals surface area (Å²) in [6, 6.07) is 31.2. The molecule has 0 aromatic heterocycles. The summed E-state index contributed by atoms with van der Waals surface area (Å²) in [5.74, 6) is 1.13. The predicted octanol–water partition coefficient (Wildman–Crippen LogP) is 5.83. The fraction of sp³-hybridized carbons (Fsp3) is 0. The average molecular weight is 377 g/mol. The molecule has 0 aliphatic heterocycles. The van der Waals surface area contributed by atoms with Gasteiger partial charge in [0.25, 0.3) is 0 Å². The standard InChI is InChI=1S/C26H17O3/c27-18-22-12-11-21(19-7-3-1-4-8-19)17-25(22)26(28)20-13-15-24(16-14-20)29-23-9-5-2-6-10-23/h1-17H. The van der Waals surface area contributed by atoms with Gasteiger partial charge in [-0.2, -0.15) is 0 Å². The van der Waals surface area contributed by atoms with Crippen molar-refractivity contribution in [3.8, 4) is 22.6 Å². The average Bonchev–Trinajstić information content (AvgIpc) is 2.80.